The Kier molecular flexibility index (Phi) is 10.2. The van der Waals surface area contributed by atoms with Gasteiger partial charge in [0.15, 0.2) is 0 Å². The van der Waals surface area contributed by atoms with Gasteiger partial charge in [-0.3, -0.25) is 19.1 Å². The van der Waals surface area contributed by atoms with Crippen molar-refractivity contribution < 1.29 is 40.7 Å². The third-order valence-electron chi connectivity index (χ3n) is 11.3. The van der Waals surface area contributed by atoms with Crippen LogP contribution in [0.5, 0.6) is 5.88 Å². The van der Waals surface area contributed by atoms with Gasteiger partial charge >= 0.3 is 6.18 Å². The van der Waals surface area contributed by atoms with Gasteiger partial charge in [0.05, 0.1) is 21.1 Å². The van der Waals surface area contributed by atoms with E-state index in [4.69, 9.17) is 4.74 Å². The smallest absolute Gasteiger partial charge is 0.416 e. The van der Waals surface area contributed by atoms with E-state index in [9.17, 15) is 36.0 Å². The quantitative estimate of drug-likeness (QED) is 0.254. The Balaban J connectivity index is 1.19. The number of halogens is 3. The molecule has 288 valence electrons. The van der Waals surface area contributed by atoms with Crippen LogP contribution in [0.3, 0.4) is 0 Å². The lowest BCUT2D eigenvalue weighted by Crippen LogP contribution is -2.56. The predicted octanol–water partition coefficient (Wildman–Crippen LogP) is 6.73. The van der Waals surface area contributed by atoms with Crippen LogP contribution in [0, 0.1) is 17.8 Å². The fourth-order valence-electron chi connectivity index (χ4n) is 7.43. The number of hydrogen-bond acceptors (Lipinski definition) is 8. The van der Waals surface area contributed by atoms with Crippen LogP contribution in [0.25, 0.3) is 21.0 Å². The number of benzene rings is 2. The van der Waals surface area contributed by atoms with Crippen molar-refractivity contribution in [1.29, 1.82) is 0 Å². The van der Waals surface area contributed by atoms with Crippen LogP contribution in [0.15, 0.2) is 66.7 Å². The molecule has 3 saturated carbocycles. The fourth-order valence-corrected chi connectivity index (χ4v) is 9.75. The molecule has 4 aliphatic rings. The number of carbonyl (C=O) groups excluding carboxylic acids is 3. The molecular formula is C39H43F3N4O6S2. The molecule has 7 rings (SSSR count). The zero-order chi connectivity index (χ0) is 38.5. The highest BCUT2D eigenvalue weighted by Gasteiger charge is 2.63. The Morgan fingerprint density at radius 2 is 1.78 bits per heavy atom. The second kappa shape index (κ2) is 14.4. The molecule has 10 nitrogen and oxygen atoms in total. The number of carbonyl (C=O) groups is 3. The molecule has 3 aromatic rings. The molecule has 0 saturated heterocycles. The van der Waals surface area contributed by atoms with Crippen molar-refractivity contribution in [3.8, 4) is 26.9 Å². The number of hydrogen-bond donors (Lipinski definition) is 2. The summed E-state index contributed by atoms with van der Waals surface area (Å²) in [6, 6.07) is 14.1. The van der Waals surface area contributed by atoms with E-state index in [1.165, 1.54) is 17.4 Å². The van der Waals surface area contributed by atoms with E-state index < -0.39 is 67.7 Å². The highest BCUT2D eigenvalue weighted by Crippen LogP contribution is 2.48. The van der Waals surface area contributed by atoms with Gasteiger partial charge in [-0.25, -0.2) is 13.4 Å². The average molecular weight is 785 g/mol. The monoisotopic (exact) mass is 784 g/mol. The Morgan fingerprint density at radius 3 is 2.50 bits per heavy atom. The zero-order valence-corrected chi connectivity index (χ0v) is 31.7. The van der Waals surface area contributed by atoms with Crippen molar-refractivity contribution in [1.82, 2.24) is 19.9 Å². The van der Waals surface area contributed by atoms with E-state index in [2.05, 4.69) is 15.0 Å². The van der Waals surface area contributed by atoms with E-state index in [0.29, 0.717) is 48.5 Å². The lowest BCUT2D eigenvalue weighted by Gasteiger charge is -2.37. The van der Waals surface area contributed by atoms with Crippen molar-refractivity contribution in [2.45, 2.75) is 87.3 Å². The number of fused-ring (bicyclic) bond motifs is 2. The molecule has 54 heavy (non-hydrogen) atoms. The predicted molar refractivity (Wildman–Crippen MR) is 198 cm³/mol. The maximum Gasteiger partial charge on any atom is 0.416 e. The minimum Gasteiger partial charge on any atom is -0.473 e. The van der Waals surface area contributed by atoms with Crippen molar-refractivity contribution in [2.75, 3.05) is 13.6 Å². The first-order valence-electron chi connectivity index (χ1n) is 18.3. The first-order chi connectivity index (χ1) is 25.6. The SMILES string of the molecule is CN1CCCC/C=C\[C@@H]2C[C@@]2(C(=O)NS(=O)(=O)C2(C)CC2)NC(=O)[C@@H]2C[C@@H](Oc3nc(-c4cccc(C(F)(F)F)c4)sc3-c3ccccc3)CC[C@H]2C1=O. The molecule has 5 atom stereocenters. The van der Waals surface area contributed by atoms with E-state index in [1.54, 1.807) is 24.9 Å². The lowest BCUT2D eigenvalue weighted by atomic mass is 9.76. The van der Waals surface area contributed by atoms with Gasteiger partial charge in [-0.05, 0) is 82.4 Å². The van der Waals surface area contributed by atoms with Crippen LogP contribution >= 0.6 is 11.3 Å². The van der Waals surface area contributed by atoms with E-state index in [-0.39, 0.29) is 30.2 Å². The summed E-state index contributed by atoms with van der Waals surface area (Å²) in [6.07, 6.45) is 2.80. The molecule has 0 radical (unpaired) electrons. The van der Waals surface area contributed by atoms with Gasteiger partial charge in [0.1, 0.15) is 16.7 Å². The standard InChI is InChI=1S/C39H43F3N4O6S2/c1-37(18-19-37)54(50,51)45-36(49)38-23-27(38)14-8-3-4-9-20-46(2)35(48)29-17-16-28(22-30(29)32(47)44-38)52-33-31(24-11-6-5-7-12-24)53-34(43-33)25-13-10-15-26(21-25)39(40,41)42/h5-8,10-15,21,27-30H,3-4,9,16-20,22-23H2,1-2H3,(H,44,47)(H,45,49)/b14-8-/t27-,28+,29-,30-,38-/m1/s1. The first-order valence-corrected chi connectivity index (χ1v) is 20.6. The number of sulfonamides is 1. The number of amides is 3. The number of ether oxygens (including phenoxy) is 1. The van der Waals surface area contributed by atoms with Gasteiger partial charge < -0.3 is 15.0 Å². The summed E-state index contributed by atoms with van der Waals surface area (Å²) in [7, 11) is -2.26. The van der Waals surface area contributed by atoms with Crippen LogP contribution < -0.4 is 14.8 Å². The largest absolute Gasteiger partial charge is 0.473 e. The summed E-state index contributed by atoms with van der Waals surface area (Å²) in [6.45, 7) is 2.10. The maximum absolute atomic E-state index is 14.4. The Labute approximate surface area is 316 Å². The number of aromatic nitrogens is 1. The molecule has 0 spiro atoms. The number of rotatable bonds is 7. The molecule has 1 aliphatic heterocycles. The molecule has 0 bridgehead atoms. The number of alkyl halides is 3. The van der Waals surface area contributed by atoms with Crippen LogP contribution in [0.2, 0.25) is 0 Å². The van der Waals surface area contributed by atoms with Crippen LogP contribution in [0.4, 0.5) is 13.2 Å². The Hall–Kier alpha value is -4.24. The summed E-state index contributed by atoms with van der Waals surface area (Å²) < 4.78 is 74.8. The number of nitrogens with zero attached hydrogens (tertiary/aromatic N) is 2. The second-order valence-electron chi connectivity index (χ2n) is 15.2. The Bertz CT molecular complexity index is 2070. The van der Waals surface area contributed by atoms with Gasteiger partial charge in [-0.2, -0.15) is 13.2 Å². The second-order valence-corrected chi connectivity index (χ2v) is 18.4. The first kappa shape index (κ1) is 38.1. The number of nitrogens with one attached hydrogen (secondary N) is 2. The van der Waals surface area contributed by atoms with Crippen LogP contribution in [0.1, 0.15) is 70.3 Å². The fraction of sp³-hybridized carbons (Fsp3) is 0.487. The van der Waals surface area contributed by atoms with Gasteiger partial charge in [0.25, 0.3) is 5.91 Å². The topological polar surface area (TPSA) is 135 Å². The summed E-state index contributed by atoms with van der Waals surface area (Å²) in [5.41, 5.74) is -1.26. The van der Waals surface area contributed by atoms with E-state index >= 15 is 0 Å². The molecule has 2 aromatic carbocycles. The molecule has 0 unspecified atom stereocenters. The third kappa shape index (κ3) is 7.66. The minimum atomic E-state index is -4.54. The third-order valence-corrected chi connectivity index (χ3v) is 14.6. The van der Waals surface area contributed by atoms with E-state index in [1.807, 2.05) is 42.5 Å². The number of allylic oxidation sites excluding steroid dienone is 1. The molecule has 15 heteroatoms. The summed E-state index contributed by atoms with van der Waals surface area (Å²) >= 11 is 1.19. The van der Waals surface area contributed by atoms with Gasteiger partial charge in [-0.15, -0.1) is 11.3 Å². The van der Waals surface area contributed by atoms with Gasteiger partial charge in [-0.1, -0.05) is 54.6 Å². The molecule has 3 amide bonds. The zero-order valence-electron chi connectivity index (χ0n) is 30.0. The van der Waals surface area contributed by atoms with Crippen molar-refractivity contribution in [3.05, 3.63) is 72.3 Å². The van der Waals surface area contributed by atoms with Crippen LogP contribution in [-0.2, 0) is 30.6 Å². The minimum absolute atomic E-state index is 0.0926. The Morgan fingerprint density at radius 1 is 1.04 bits per heavy atom. The summed E-state index contributed by atoms with van der Waals surface area (Å²) in [4.78, 5) is 49.0. The van der Waals surface area contributed by atoms with Crippen molar-refractivity contribution in [2.24, 2.45) is 17.8 Å². The molecule has 3 aliphatic carbocycles. The summed E-state index contributed by atoms with van der Waals surface area (Å²) in [5, 5.41) is 3.24. The highest BCUT2D eigenvalue weighted by molar-refractivity contribution is 7.91. The molecule has 3 fully saturated rings. The summed E-state index contributed by atoms with van der Waals surface area (Å²) in [5.74, 6) is -3.38. The van der Waals surface area contributed by atoms with Crippen LogP contribution in [-0.4, -0.2) is 66.0 Å². The van der Waals surface area contributed by atoms with Gasteiger partial charge in [0, 0.05) is 31.0 Å². The van der Waals surface area contributed by atoms with E-state index in [0.717, 1.165) is 30.5 Å². The van der Waals surface area contributed by atoms with Crippen molar-refractivity contribution >= 4 is 39.1 Å². The van der Waals surface area contributed by atoms with Crippen molar-refractivity contribution in [3.63, 3.8) is 0 Å². The molecule has 2 heterocycles. The molecule has 1 aromatic heterocycles. The lowest BCUT2D eigenvalue weighted by molar-refractivity contribution is -0.145. The highest BCUT2D eigenvalue weighted by atomic mass is 32.2. The van der Waals surface area contributed by atoms with Gasteiger partial charge in [0.2, 0.25) is 27.7 Å². The average Bonchev–Trinajstić information content (AvgIpc) is 4.03. The molecular weight excluding hydrogens is 742 g/mol. The normalized spacial score (nSPS) is 27.8. The number of thiazole rings is 1. The maximum atomic E-state index is 14.4. The molecule has 2 N–H and O–H groups in total.